The van der Waals surface area contributed by atoms with Crippen molar-refractivity contribution in [3.05, 3.63) is 63.1 Å². The van der Waals surface area contributed by atoms with Crippen LogP contribution in [-0.2, 0) is 6.42 Å². The zero-order valence-electron chi connectivity index (χ0n) is 13.4. The molecule has 0 aliphatic carbocycles. The number of hydrogen-bond acceptors (Lipinski definition) is 1. The number of hydrogen-bond donors (Lipinski definition) is 0. The summed E-state index contributed by atoms with van der Waals surface area (Å²) in [6, 6.07) is 7.47. The fraction of sp³-hybridized carbons (Fsp3) is 0.278. The van der Waals surface area contributed by atoms with Gasteiger partial charge < -0.3 is 4.90 Å². The average Bonchev–Trinajstić information content (AvgIpc) is 2.51. The lowest BCUT2D eigenvalue weighted by Crippen LogP contribution is -2.14. The summed E-state index contributed by atoms with van der Waals surface area (Å²) in [6.45, 7) is 4.76. The third kappa shape index (κ3) is 4.61. The number of benzene rings is 2. The van der Waals surface area contributed by atoms with Gasteiger partial charge in [-0.05, 0) is 61.2 Å². The van der Waals surface area contributed by atoms with E-state index in [-0.39, 0.29) is 11.6 Å². The van der Waals surface area contributed by atoms with Crippen molar-refractivity contribution < 1.29 is 8.78 Å². The minimum atomic E-state index is -0.324. The molecule has 2 aromatic carbocycles. The summed E-state index contributed by atoms with van der Waals surface area (Å²) in [7, 11) is 1.91. The Morgan fingerprint density at radius 1 is 1.13 bits per heavy atom. The Morgan fingerprint density at radius 2 is 1.87 bits per heavy atom. The molecule has 0 aliphatic rings. The van der Waals surface area contributed by atoms with Crippen molar-refractivity contribution >= 4 is 28.0 Å². The lowest BCUT2D eigenvalue weighted by atomic mass is 9.99. The van der Waals surface area contributed by atoms with Crippen LogP contribution in [0.15, 0.2) is 39.8 Å². The van der Waals surface area contributed by atoms with Crippen LogP contribution in [0.4, 0.5) is 14.5 Å². The molecular formula is C18H19BrF2N2. The van der Waals surface area contributed by atoms with Gasteiger partial charge in [0.2, 0.25) is 0 Å². The molecule has 0 N–H and O–H groups in total. The van der Waals surface area contributed by atoms with E-state index in [4.69, 9.17) is 0 Å². The summed E-state index contributed by atoms with van der Waals surface area (Å²) in [5, 5.41) is 0. The Kier molecular flexibility index (Phi) is 5.88. The van der Waals surface area contributed by atoms with Gasteiger partial charge in [-0.15, -0.1) is 0 Å². The van der Waals surface area contributed by atoms with Crippen LogP contribution < -0.4 is 0 Å². The van der Waals surface area contributed by atoms with Crippen molar-refractivity contribution in [2.75, 3.05) is 13.6 Å². The van der Waals surface area contributed by atoms with Crippen LogP contribution in [-0.4, -0.2) is 24.8 Å². The molecule has 0 heterocycles. The smallest absolute Gasteiger partial charge is 0.125 e. The summed E-state index contributed by atoms with van der Waals surface area (Å²) in [4.78, 5) is 6.28. The van der Waals surface area contributed by atoms with E-state index >= 15 is 0 Å². The largest absolute Gasteiger partial charge is 0.366 e. The molecule has 0 bridgehead atoms. The molecule has 2 nitrogen and oxygen atoms in total. The van der Waals surface area contributed by atoms with Crippen LogP contribution in [0.1, 0.15) is 23.6 Å². The molecule has 0 fully saturated rings. The monoisotopic (exact) mass is 380 g/mol. The quantitative estimate of drug-likeness (QED) is 0.511. The molecular weight excluding hydrogens is 362 g/mol. The van der Waals surface area contributed by atoms with E-state index < -0.39 is 0 Å². The molecule has 0 spiro atoms. The SMILES string of the molecule is CCN(C)/C=N\c1cc(F)cc(Cc2ccc(F)cc2Br)c1C. The Bertz CT molecular complexity index is 729. The molecule has 0 atom stereocenters. The number of aliphatic imine (C=N–C) groups is 1. The second-order valence-corrected chi connectivity index (χ2v) is 6.29. The van der Waals surface area contributed by atoms with Gasteiger partial charge in [-0.25, -0.2) is 13.8 Å². The fourth-order valence-corrected chi connectivity index (χ4v) is 2.64. The average molecular weight is 381 g/mol. The molecule has 0 amide bonds. The van der Waals surface area contributed by atoms with Gasteiger partial charge in [0.25, 0.3) is 0 Å². The van der Waals surface area contributed by atoms with E-state index in [0.717, 1.165) is 23.2 Å². The number of nitrogens with zero attached hydrogens (tertiary/aromatic N) is 2. The lowest BCUT2D eigenvalue weighted by Gasteiger charge is -2.12. The van der Waals surface area contributed by atoms with Crippen molar-refractivity contribution in [2.24, 2.45) is 4.99 Å². The predicted molar refractivity (Wildman–Crippen MR) is 94.5 cm³/mol. The van der Waals surface area contributed by atoms with E-state index in [2.05, 4.69) is 20.9 Å². The van der Waals surface area contributed by atoms with Crippen LogP contribution in [0.3, 0.4) is 0 Å². The van der Waals surface area contributed by atoms with Crippen LogP contribution in [0.25, 0.3) is 0 Å². The molecule has 0 radical (unpaired) electrons. The first-order valence-electron chi connectivity index (χ1n) is 7.38. The van der Waals surface area contributed by atoms with Gasteiger partial charge >= 0.3 is 0 Å². The van der Waals surface area contributed by atoms with Crippen molar-refractivity contribution in [1.82, 2.24) is 4.90 Å². The van der Waals surface area contributed by atoms with E-state index in [1.165, 1.54) is 24.3 Å². The third-order valence-electron chi connectivity index (χ3n) is 3.74. The topological polar surface area (TPSA) is 15.6 Å². The van der Waals surface area contributed by atoms with E-state index in [9.17, 15) is 8.78 Å². The Labute approximate surface area is 144 Å². The molecule has 0 unspecified atom stereocenters. The van der Waals surface area contributed by atoms with E-state index in [1.807, 2.05) is 25.8 Å². The van der Waals surface area contributed by atoms with Crippen molar-refractivity contribution in [3.63, 3.8) is 0 Å². The van der Waals surface area contributed by atoms with Crippen molar-refractivity contribution in [3.8, 4) is 0 Å². The van der Waals surface area contributed by atoms with Crippen LogP contribution >= 0.6 is 15.9 Å². The summed E-state index contributed by atoms with van der Waals surface area (Å²) >= 11 is 3.36. The Hall–Kier alpha value is -1.75. The first-order chi connectivity index (χ1) is 10.9. The highest BCUT2D eigenvalue weighted by Gasteiger charge is 2.10. The molecule has 2 rings (SSSR count). The molecule has 0 aliphatic heterocycles. The summed E-state index contributed by atoms with van der Waals surface area (Å²) in [5.41, 5.74) is 3.27. The highest BCUT2D eigenvalue weighted by molar-refractivity contribution is 9.10. The Balaban J connectivity index is 2.35. The fourth-order valence-electron chi connectivity index (χ4n) is 2.15. The molecule has 122 valence electrons. The molecule has 0 saturated carbocycles. The highest BCUT2D eigenvalue weighted by atomic mass is 79.9. The van der Waals surface area contributed by atoms with Crippen molar-refractivity contribution in [1.29, 1.82) is 0 Å². The maximum absolute atomic E-state index is 13.9. The number of rotatable bonds is 5. The van der Waals surface area contributed by atoms with Crippen LogP contribution in [0.5, 0.6) is 0 Å². The lowest BCUT2D eigenvalue weighted by molar-refractivity contribution is 0.552. The van der Waals surface area contributed by atoms with E-state index in [0.29, 0.717) is 16.6 Å². The molecule has 0 aromatic heterocycles. The van der Waals surface area contributed by atoms with Gasteiger partial charge in [-0.3, -0.25) is 0 Å². The second kappa shape index (κ2) is 7.68. The van der Waals surface area contributed by atoms with Crippen LogP contribution in [0.2, 0.25) is 0 Å². The van der Waals surface area contributed by atoms with Gasteiger partial charge in [-0.2, -0.15) is 0 Å². The van der Waals surface area contributed by atoms with Gasteiger partial charge in [-0.1, -0.05) is 22.0 Å². The maximum atomic E-state index is 13.9. The summed E-state index contributed by atoms with van der Waals surface area (Å²) in [6.07, 6.45) is 2.20. The molecule has 0 saturated heterocycles. The molecule has 5 heteroatoms. The van der Waals surface area contributed by atoms with Gasteiger partial charge in [0.15, 0.2) is 0 Å². The summed E-state index contributed by atoms with van der Waals surface area (Å²) in [5.74, 6) is -0.625. The first kappa shape index (κ1) is 17.6. The van der Waals surface area contributed by atoms with Gasteiger partial charge in [0, 0.05) is 18.1 Å². The van der Waals surface area contributed by atoms with Crippen molar-refractivity contribution in [2.45, 2.75) is 20.3 Å². The minimum Gasteiger partial charge on any atom is -0.366 e. The predicted octanol–water partition coefficient (Wildman–Crippen LogP) is 5.24. The zero-order valence-corrected chi connectivity index (χ0v) is 15.0. The highest BCUT2D eigenvalue weighted by Crippen LogP contribution is 2.28. The normalized spacial score (nSPS) is 11.2. The Morgan fingerprint density at radius 3 is 2.52 bits per heavy atom. The molecule has 23 heavy (non-hydrogen) atoms. The first-order valence-corrected chi connectivity index (χ1v) is 8.17. The van der Waals surface area contributed by atoms with Gasteiger partial charge in [0.05, 0.1) is 12.0 Å². The van der Waals surface area contributed by atoms with Gasteiger partial charge in [0.1, 0.15) is 11.6 Å². The standard InChI is InChI=1S/C18H19BrF2N2/c1-4-23(3)11-22-18-10-16(21)8-14(12(18)2)7-13-5-6-15(20)9-17(13)19/h5-6,8-11H,4,7H2,1-3H3/b22-11-. The maximum Gasteiger partial charge on any atom is 0.125 e. The van der Waals surface area contributed by atoms with Crippen LogP contribution in [0, 0.1) is 18.6 Å². The minimum absolute atomic E-state index is 0.301. The summed E-state index contributed by atoms with van der Waals surface area (Å²) < 4.78 is 27.8. The third-order valence-corrected chi connectivity index (χ3v) is 4.48. The van der Waals surface area contributed by atoms with E-state index in [1.54, 1.807) is 12.4 Å². The zero-order chi connectivity index (χ0) is 17.0. The number of halogens is 3. The second-order valence-electron chi connectivity index (χ2n) is 5.44. The molecule has 2 aromatic rings.